The van der Waals surface area contributed by atoms with Gasteiger partial charge in [0.1, 0.15) is 4.47 Å². The molecule has 3 atom stereocenters. The van der Waals surface area contributed by atoms with Gasteiger partial charge in [-0.2, -0.15) is 5.10 Å². The fourth-order valence-electron chi connectivity index (χ4n) is 6.63. The van der Waals surface area contributed by atoms with Crippen molar-refractivity contribution >= 4 is 39.1 Å². The van der Waals surface area contributed by atoms with Gasteiger partial charge in [0.2, 0.25) is 11.8 Å². The van der Waals surface area contributed by atoms with Crippen LogP contribution in [0.4, 0.5) is 11.4 Å². The van der Waals surface area contributed by atoms with Crippen LogP contribution in [0, 0.1) is 0 Å². The quantitative estimate of drug-likeness (QED) is 0.369. The molecule has 3 fully saturated rings. The van der Waals surface area contributed by atoms with Crippen LogP contribution in [0.1, 0.15) is 47.8 Å². The third-order valence-corrected chi connectivity index (χ3v) is 9.82. The van der Waals surface area contributed by atoms with E-state index in [2.05, 4.69) is 88.7 Å². The molecule has 6 rings (SSSR count). The Morgan fingerprint density at radius 2 is 1.75 bits per heavy atom. The molecule has 0 spiro atoms. The summed E-state index contributed by atoms with van der Waals surface area (Å²) in [6, 6.07) is 11.3. The number of anilines is 2. The van der Waals surface area contributed by atoms with Crippen molar-refractivity contribution in [3.8, 4) is 0 Å². The Hall–Kier alpha value is -3.61. The van der Waals surface area contributed by atoms with Crippen molar-refractivity contribution in [1.82, 2.24) is 29.9 Å². The number of likely N-dealkylation sites (tertiary alicyclic amines) is 1. The van der Waals surface area contributed by atoms with E-state index < -0.39 is 0 Å². The fraction of sp³-hybridized carbons (Fsp3) is 0.469. The highest BCUT2D eigenvalue weighted by Gasteiger charge is 2.30. The molecule has 3 unspecified atom stereocenters. The first-order valence-corrected chi connectivity index (χ1v) is 16.0. The summed E-state index contributed by atoms with van der Waals surface area (Å²) in [6.07, 6.45) is 7.19. The van der Waals surface area contributed by atoms with Gasteiger partial charge in [-0.25, -0.2) is 4.68 Å². The monoisotopic (exact) mass is 662 g/mol. The lowest BCUT2D eigenvalue weighted by molar-refractivity contribution is -0.134. The van der Waals surface area contributed by atoms with Crippen molar-refractivity contribution in [1.29, 1.82) is 0 Å². The molecular formula is C32H39BrN8O3. The van der Waals surface area contributed by atoms with E-state index in [1.165, 1.54) is 15.8 Å². The number of hydrogen-bond acceptors (Lipinski definition) is 9. The Bertz CT molecular complexity index is 1570. The van der Waals surface area contributed by atoms with Gasteiger partial charge >= 0.3 is 0 Å². The summed E-state index contributed by atoms with van der Waals surface area (Å²) in [7, 11) is 3.79. The third kappa shape index (κ3) is 6.87. The van der Waals surface area contributed by atoms with E-state index in [0.29, 0.717) is 23.2 Å². The van der Waals surface area contributed by atoms with Crippen molar-refractivity contribution in [3.63, 3.8) is 0 Å². The first kappa shape index (κ1) is 30.4. The molecule has 2 amide bonds. The zero-order valence-corrected chi connectivity index (χ0v) is 26.8. The highest BCUT2D eigenvalue weighted by Crippen LogP contribution is 2.30. The van der Waals surface area contributed by atoms with E-state index in [1.54, 1.807) is 19.4 Å². The minimum absolute atomic E-state index is 0.149. The summed E-state index contributed by atoms with van der Waals surface area (Å²) < 4.78 is 1.84. The van der Waals surface area contributed by atoms with Crippen LogP contribution in [0.25, 0.3) is 0 Å². The van der Waals surface area contributed by atoms with Gasteiger partial charge in [0.25, 0.3) is 5.56 Å². The number of amides is 2. The highest BCUT2D eigenvalue weighted by atomic mass is 79.9. The molecule has 5 heterocycles. The van der Waals surface area contributed by atoms with Crippen LogP contribution in [0.5, 0.6) is 0 Å². The van der Waals surface area contributed by atoms with Gasteiger partial charge in [-0.15, -0.1) is 0 Å². The SMILES string of the molecule is CN1CC(Nc2cnn(C)c(=O)c2Br)CC(c2ccc(CN3CCN(c4cncc(C5CCC(=O)NC5=O)c4)CC3)cc2)C1. The first-order valence-electron chi connectivity index (χ1n) is 15.2. The van der Waals surface area contributed by atoms with Crippen molar-refractivity contribution in [2.75, 3.05) is 56.5 Å². The summed E-state index contributed by atoms with van der Waals surface area (Å²) >= 11 is 3.44. The molecule has 0 aliphatic carbocycles. The molecule has 0 bridgehead atoms. The average Bonchev–Trinajstić information content (AvgIpc) is 3.02. The molecule has 0 radical (unpaired) electrons. The molecule has 2 N–H and O–H groups in total. The molecule has 232 valence electrons. The Morgan fingerprint density at radius 3 is 2.50 bits per heavy atom. The number of piperazine rings is 1. The fourth-order valence-corrected chi connectivity index (χ4v) is 7.11. The maximum Gasteiger partial charge on any atom is 0.282 e. The van der Waals surface area contributed by atoms with Crippen molar-refractivity contribution < 1.29 is 9.59 Å². The topological polar surface area (TPSA) is 116 Å². The summed E-state index contributed by atoms with van der Waals surface area (Å²) in [4.78, 5) is 47.8. The van der Waals surface area contributed by atoms with Crippen LogP contribution >= 0.6 is 15.9 Å². The second kappa shape index (κ2) is 13.2. The molecule has 11 nitrogen and oxygen atoms in total. The molecular weight excluding hydrogens is 624 g/mol. The molecule has 2 aromatic heterocycles. The van der Waals surface area contributed by atoms with Gasteiger partial charge in [0.05, 0.1) is 29.7 Å². The third-order valence-electron chi connectivity index (χ3n) is 9.05. The number of carbonyl (C=O) groups excluding carboxylic acids is 2. The second-order valence-corrected chi connectivity index (χ2v) is 13.1. The summed E-state index contributed by atoms with van der Waals surface area (Å²) in [6.45, 7) is 6.47. The van der Waals surface area contributed by atoms with Crippen molar-refractivity contribution in [3.05, 3.63) is 80.4 Å². The Labute approximate surface area is 265 Å². The van der Waals surface area contributed by atoms with E-state index in [1.807, 2.05) is 6.20 Å². The molecule has 3 aromatic rings. The predicted octanol–water partition coefficient (Wildman–Crippen LogP) is 2.68. The number of rotatable bonds is 7. The molecule has 3 aliphatic rings. The maximum atomic E-state index is 12.3. The highest BCUT2D eigenvalue weighted by molar-refractivity contribution is 9.10. The van der Waals surface area contributed by atoms with Gasteiger partial charge in [0, 0.05) is 71.5 Å². The lowest BCUT2D eigenvalue weighted by Crippen LogP contribution is -2.46. The zero-order valence-electron chi connectivity index (χ0n) is 25.2. The number of benzene rings is 1. The number of nitrogens with one attached hydrogen (secondary N) is 2. The van der Waals surface area contributed by atoms with Crippen molar-refractivity contribution in [2.45, 2.75) is 43.7 Å². The maximum absolute atomic E-state index is 12.3. The number of hydrogen-bond donors (Lipinski definition) is 2. The van der Waals surface area contributed by atoms with E-state index >= 15 is 0 Å². The lowest BCUT2D eigenvalue weighted by Gasteiger charge is -2.37. The molecule has 3 saturated heterocycles. The number of piperidine rings is 2. The number of aryl methyl sites for hydroxylation is 1. The van der Waals surface area contributed by atoms with E-state index in [9.17, 15) is 14.4 Å². The van der Waals surface area contributed by atoms with Crippen LogP contribution in [-0.4, -0.2) is 88.7 Å². The van der Waals surface area contributed by atoms with Gasteiger partial charge in [-0.3, -0.25) is 29.6 Å². The van der Waals surface area contributed by atoms with Crippen LogP contribution in [0.3, 0.4) is 0 Å². The second-order valence-electron chi connectivity index (χ2n) is 12.3. The number of carbonyl (C=O) groups is 2. The number of halogens is 1. The Kier molecular flexibility index (Phi) is 9.11. The van der Waals surface area contributed by atoms with Crippen LogP contribution in [0.15, 0.2) is 58.2 Å². The largest absolute Gasteiger partial charge is 0.379 e. The molecule has 1 aromatic carbocycles. The standard InChI is InChI=1S/C32H39BrN8O3/c1-38-19-24(13-25(20-38)36-28-17-35-39(2)32(44)30(28)33)22-5-3-21(4-6-22)18-40-9-11-41(12-10-40)26-14-23(15-34-16-26)27-7-8-29(42)37-31(27)43/h3-6,14-17,24-25,27,36H,7-13,18-20H2,1-2H3,(H,37,42,43). The van der Waals surface area contributed by atoms with Crippen LogP contribution in [0.2, 0.25) is 0 Å². The predicted molar refractivity (Wildman–Crippen MR) is 173 cm³/mol. The number of pyridine rings is 1. The number of likely N-dealkylation sites (N-methyl/N-ethyl adjacent to an activating group) is 1. The summed E-state index contributed by atoms with van der Waals surface area (Å²) in [5, 5.41) is 10.2. The van der Waals surface area contributed by atoms with Crippen molar-refractivity contribution in [2.24, 2.45) is 7.05 Å². The normalized spacial score (nSPS) is 23.4. The van der Waals surface area contributed by atoms with Gasteiger partial charge in [0.15, 0.2) is 0 Å². The number of imide groups is 1. The van der Waals surface area contributed by atoms with E-state index in [-0.39, 0.29) is 29.3 Å². The molecule has 0 saturated carbocycles. The Morgan fingerprint density at radius 1 is 0.977 bits per heavy atom. The first-order chi connectivity index (χ1) is 21.2. The number of nitrogens with zero attached hydrogens (tertiary/aromatic N) is 6. The zero-order chi connectivity index (χ0) is 30.8. The van der Waals surface area contributed by atoms with Crippen LogP contribution < -0.4 is 21.1 Å². The van der Waals surface area contributed by atoms with E-state index in [4.69, 9.17) is 0 Å². The summed E-state index contributed by atoms with van der Waals surface area (Å²) in [5.41, 5.74) is 5.13. The summed E-state index contributed by atoms with van der Waals surface area (Å²) in [5.74, 6) is -0.352. The molecule has 3 aliphatic heterocycles. The number of aromatic nitrogens is 3. The molecule has 44 heavy (non-hydrogen) atoms. The minimum Gasteiger partial charge on any atom is -0.379 e. The van der Waals surface area contributed by atoms with E-state index in [0.717, 1.165) is 69.2 Å². The lowest BCUT2D eigenvalue weighted by atomic mass is 9.87. The molecule has 12 heteroatoms. The van der Waals surface area contributed by atoms with Gasteiger partial charge < -0.3 is 15.1 Å². The minimum atomic E-state index is -0.320. The van der Waals surface area contributed by atoms with Gasteiger partial charge in [-0.05, 0) is 64.5 Å². The Balaban J connectivity index is 1.02. The average molecular weight is 664 g/mol. The van der Waals surface area contributed by atoms with Gasteiger partial charge in [-0.1, -0.05) is 24.3 Å². The smallest absolute Gasteiger partial charge is 0.282 e. The van der Waals surface area contributed by atoms with Crippen LogP contribution in [-0.2, 0) is 23.2 Å².